The van der Waals surface area contributed by atoms with E-state index in [4.69, 9.17) is 5.26 Å². The zero-order valence-corrected chi connectivity index (χ0v) is 11.6. The summed E-state index contributed by atoms with van der Waals surface area (Å²) >= 11 is 0. The normalized spacial score (nSPS) is 25.1. The van der Waals surface area contributed by atoms with Crippen LogP contribution in [0.25, 0.3) is 0 Å². The fraction of sp³-hybridized carbons (Fsp3) is 0.467. The maximum absolute atomic E-state index is 13.9. The molecule has 1 aliphatic carbocycles. The molecular formula is C15H16F2N2O2. The number of hydrogen-bond acceptors (Lipinski definition) is 3. The maximum Gasteiger partial charge on any atom is 0.311 e. The van der Waals surface area contributed by atoms with E-state index in [9.17, 15) is 18.7 Å². The first kappa shape index (κ1) is 15.2. The second-order valence-corrected chi connectivity index (χ2v) is 5.59. The first-order valence-corrected chi connectivity index (χ1v) is 6.77. The lowest BCUT2D eigenvalue weighted by Gasteiger charge is -2.39. The van der Waals surface area contributed by atoms with Crippen molar-refractivity contribution in [3.63, 3.8) is 0 Å². The highest BCUT2D eigenvalue weighted by Gasteiger charge is 2.43. The second kappa shape index (κ2) is 5.68. The highest BCUT2D eigenvalue weighted by atomic mass is 19.1. The number of benzene rings is 1. The Labute approximate surface area is 121 Å². The van der Waals surface area contributed by atoms with Crippen LogP contribution >= 0.6 is 0 Å². The van der Waals surface area contributed by atoms with E-state index in [0.29, 0.717) is 12.8 Å². The summed E-state index contributed by atoms with van der Waals surface area (Å²) in [4.78, 5) is 11.5. The van der Waals surface area contributed by atoms with Crippen molar-refractivity contribution in [1.82, 2.24) is 0 Å². The van der Waals surface area contributed by atoms with Crippen molar-refractivity contribution in [2.45, 2.75) is 38.6 Å². The smallest absolute Gasteiger partial charge is 0.311 e. The summed E-state index contributed by atoms with van der Waals surface area (Å²) in [7, 11) is 0. The van der Waals surface area contributed by atoms with Crippen molar-refractivity contribution in [3.8, 4) is 6.07 Å². The van der Waals surface area contributed by atoms with Gasteiger partial charge in [-0.3, -0.25) is 4.79 Å². The van der Waals surface area contributed by atoms with E-state index < -0.39 is 29.1 Å². The molecule has 2 atom stereocenters. The highest BCUT2D eigenvalue weighted by Crippen LogP contribution is 2.39. The highest BCUT2D eigenvalue weighted by molar-refractivity contribution is 5.76. The van der Waals surface area contributed by atoms with Crippen LogP contribution in [0.1, 0.15) is 38.2 Å². The largest absolute Gasteiger partial charge is 0.481 e. The van der Waals surface area contributed by atoms with Gasteiger partial charge >= 0.3 is 5.97 Å². The monoisotopic (exact) mass is 294 g/mol. The Kier molecular flexibility index (Phi) is 4.12. The van der Waals surface area contributed by atoms with Gasteiger partial charge in [0.2, 0.25) is 0 Å². The maximum atomic E-state index is 13.9. The molecule has 6 heteroatoms. The summed E-state index contributed by atoms with van der Waals surface area (Å²) in [5.41, 5.74) is -1.54. The van der Waals surface area contributed by atoms with Gasteiger partial charge < -0.3 is 10.4 Å². The molecule has 0 heterocycles. The van der Waals surface area contributed by atoms with Crippen LogP contribution in [0.4, 0.5) is 14.5 Å². The molecule has 2 N–H and O–H groups in total. The van der Waals surface area contributed by atoms with Crippen LogP contribution in [0.15, 0.2) is 12.1 Å². The number of hydrogen-bond donors (Lipinski definition) is 2. The van der Waals surface area contributed by atoms with Crippen molar-refractivity contribution in [2.75, 3.05) is 5.32 Å². The minimum atomic E-state index is -1.06. The number of nitrogens with zero attached hydrogens (tertiary/aromatic N) is 1. The third-order valence-electron chi connectivity index (χ3n) is 4.19. The van der Waals surface area contributed by atoms with Crippen molar-refractivity contribution >= 4 is 11.7 Å². The standard InChI is InChI=1S/C15H16F2N2O2/c1-15(14(20)21)5-3-2-4-12(15)19-13-10(16)6-9(8-18)7-11(13)17/h6-7,12,19H,2-5H2,1H3,(H,20,21). The Hall–Kier alpha value is -2.16. The average molecular weight is 294 g/mol. The van der Waals surface area contributed by atoms with Gasteiger partial charge in [0.15, 0.2) is 11.6 Å². The molecule has 0 spiro atoms. The van der Waals surface area contributed by atoms with Gasteiger partial charge in [0.25, 0.3) is 0 Å². The number of anilines is 1. The van der Waals surface area contributed by atoms with Crippen molar-refractivity contribution in [1.29, 1.82) is 5.26 Å². The molecule has 1 aromatic rings. The summed E-state index contributed by atoms with van der Waals surface area (Å²) < 4.78 is 27.8. The van der Waals surface area contributed by atoms with Gasteiger partial charge in [-0.25, -0.2) is 8.78 Å². The minimum absolute atomic E-state index is 0.111. The molecule has 0 saturated heterocycles. The summed E-state index contributed by atoms with van der Waals surface area (Å²) in [6.45, 7) is 1.59. The van der Waals surface area contributed by atoms with Crippen LogP contribution < -0.4 is 5.32 Å². The molecule has 4 nitrogen and oxygen atoms in total. The van der Waals surface area contributed by atoms with Gasteiger partial charge in [-0.15, -0.1) is 0 Å². The fourth-order valence-corrected chi connectivity index (χ4v) is 2.77. The van der Waals surface area contributed by atoms with Crippen molar-refractivity contribution in [3.05, 3.63) is 29.3 Å². The minimum Gasteiger partial charge on any atom is -0.481 e. The summed E-state index contributed by atoms with van der Waals surface area (Å²) in [5, 5.41) is 20.8. The Balaban J connectivity index is 2.33. The van der Waals surface area contributed by atoms with Crippen molar-refractivity contribution < 1.29 is 18.7 Å². The van der Waals surface area contributed by atoms with Gasteiger partial charge in [-0.2, -0.15) is 5.26 Å². The molecule has 1 fully saturated rings. The molecule has 21 heavy (non-hydrogen) atoms. The molecule has 2 unspecified atom stereocenters. The summed E-state index contributed by atoms with van der Waals surface area (Å²) in [6, 6.07) is 2.99. The van der Waals surface area contributed by atoms with E-state index in [0.717, 1.165) is 25.0 Å². The van der Waals surface area contributed by atoms with Gasteiger partial charge in [0.1, 0.15) is 5.69 Å². The second-order valence-electron chi connectivity index (χ2n) is 5.59. The zero-order valence-electron chi connectivity index (χ0n) is 11.6. The summed E-state index contributed by atoms with van der Waals surface area (Å²) in [5.74, 6) is -2.75. The lowest BCUT2D eigenvalue weighted by molar-refractivity contribution is -0.150. The van der Waals surface area contributed by atoms with Crippen LogP contribution in [0.2, 0.25) is 0 Å². The van der Waals surface area contributed by atoms with Gasteiger partial charge in [0.05, 0.1) is 17.0 Å². The van der Waals surface area contributed by atoms with E-state index in [1.165, 1.54) is 0 Å². The molecule has 1 aliphatic rings. The topological polar surface area (TPSA) is 73.1 Å². The third-order valence-corrected chi connectivity index (χ3v) is 4.19. The molecular weight excluding hydrogens is 278 g/mol. The quantitative estimate of drug-likeness (QED) is 0.897. The molecule has 112 valence electrons. The van der Waals surface area contributed by atoms with Crippen molar-refractivity contribution in [2.24, 2.45) is 5.41 Å². The number of carboxylic acid groups (broad SMARTS) is 1. The van der Waals surface area contributed by atoms with E-state index >= 15 is 0 Å². The van der Waals surface area contributed by atoms with E-state index in [1.807, 2.05) is 0 Å². The Bertz CT molecular complexity index is 589. The van der Waals surface area contributed by atoms with Crippen LogP contribution in [-0.4, -0.2) is 17.1 Å². The molecule has 1 saturated carbocycles. The van der Waals surface area contributed by atoms with Gasteiger partial charge in [-0.05, 0) is 31.9 Å². The predicted octanol–water partition coefficient (Wildman–Crippen LogP) is 3.28. The molecule has 1 aromatic carbocycles. The van der Waals surface area contributed by atoms with Crippen LogP contribution in [0, 0.1) is 28.4 Å². The van der Waals surface area contributed by atoms with Gasteiger partial charge in [0, 0.05) is 6.04 Å². The first-order valence-electron chi connectivity index (χ1n) is 6.77. The van der Waals surface area contributed by atoms with E-state index in [1.54, 1.807) is 13.0 Å². The molecule has 0 aromatic heterocycles. The third kappa shape index (κ3) is 2.82. The van der Waals surface area contributed by atoms with Crippen LogP contribution in [0.3, 0.4) is 0 Å². The van der Waals surface area contributed by atoms with E-state index in [-0.39, 0.29) is 11.3 Å². The number of carbonyl (C=O) groups is 1. The average Bonchev–Trinajstić information content (AvgIpc) is 2.44. The molecule has 2 rings (SSSR count). The Morgan fingerprint density at radius 2 is 2.05 bits per heavy atom. The number of nitriles is 1. The van der Waals surface area contributed by atoms with E-state index in [2.05, 4.69) is 5.32 Å². The number of aliphatic carboxylic acids is 1. The number of halogens is 2. The van der Waals surface area contributed by atoms with Crippen LogP contribution in [-0.2, 0) is 4.79 Å². The summed E-state index contributed by atoms with van der Waals surface area (Å²) in [6.07, 6.45) is 2.57. The SMILES string of the molecule is CC1(C(=O)O)CCCCC1Nc1c(F)cc(C#N)cc1F. The Morgan fingerprint density at radius 3 is 2.57 bits per heavy atom. The number of nitrogens with one attached hydrogen (secondary N) is 1. The molecule has 0 aliphatic heterocycles. The lowest BCUT2D eigenvalue weighted by Crippen LogP contribution is -2.46. The Morgan fingerprint density at radius 1 is 1.43 bits per heavy atom. The lowest BCUT2D eigenvalue weighted by atomic mass is 9.71. The van der Waals surface area contributed by atoms with Gasteiger partial charge in [-0.1, -0.05) is 12.8 Å². The molecule has 0 bridgehead atoms. The zero-order chi connectivity index (χ0) is 15.6. The number of rotatable bonds is 3. The first-order chi connectivity index (χ1) is 9.88. The number of carboxylic acids is 1. The molecule has 0 radical (unpaired) electrons. The van der Waals surface area contributed by atoms with Crippen LogP contribution in [0.5, 0.6) is 0 Å². The molecule has 0 amide bonds. The predicted molar refractivity (Wildman–Crippen MR) is 72.7 cm³/mol. The fourth-order valence-electron chi connectivity index (χ4n) is 2.77.